The smallest absolute Gasteiger partial charge is 0.332 e. The minimum absolute atomic E-state index is 0.0142. The summed E-state index contributed by atoms with van der Waals surface area (Å²) in [6, 6.07) is 0. The third-order valence-corrected chi connectivity index (χ3v) is 3.77. The maximum Gasteiger partial charge on any atom is 0.332 e. The highest BCUT2D eigenvalue weighted by molar-refractivity contribution is 5.72. The molecule has 1 aliphatic heterocycles. The Kier molecular flexibility index (Phi) is 4.80. The molecular weight excluding hydrogens is 220 g/mol. The van der Waals surface area contributed by atoms with Crippen LogP contribution in [0.4, 0.5) is 0 Å². The van der Waals surface area contributed by atoms with Gasteiger partial charge in [-0.05, 0) is 31.6 Å². The maximum atomic E-state index is 10.7. The Morgan fingerprint density at radius 3 is 2.53 bits per heavy atom. The number of aliphatic carboxylic acids is 1. The monoisotopic (exact) mass is 242 g/mol. The second kappa shape index (κ2) is 6.36. The lowest BCUT2D eigenvalue weighted by molar-refractivity contribution is -0.150. The maximum absolute atomic E-state index is 10.7. The molecule has 0 aromatic rings. The second-order valence-corrected chi connectivity index (χ2v) is 5.20. The van der Waals surface area contributed by atoms with E-state index in [1.165, 1.54) is 32.1 Å². The van der Waals surface area contributed by atoms with Crippen molar-refractivity contribution in [1.82, 2.24) is 0 Å². The molecule has 0 amide bonds. The Bertz CT molecular complexity index is 248. The van der Waals surface area contributed by atoms with E-state index in [-0.39, 0.29) is 6.10 Å². The summed E-state index contributed by atoms with van der Waals surface area (Å²) in [5.41, 5.74) is 0. The Morgan fingerprint density at radius 1 is 1.12 bits per heavy atom. The molecule has 17 heavy (non-hydrogen) atoms. The quantitative estimate of drug-likeness (QED) is 0.803. The lowest BCUT2D eigenvalue weighted by atomic mass is 9.90. The zero-order chi connectivity index (χ0) is 12.1. The van der Waals surface area contributed by atoms with Crippen molar-refractivity contribution in [3.05, 3.63) is 0 Å². The molecule has 4 heteroatoms. The molecule has 1 saturated carbocycles. The molecule has 1 saturated heterocycles. The number of ether oxygens (including phenoxy) is 2. The van der Waals surface area contributed by atoms with Gasteiger partial charge < -0.3 is 14.6 Å². The van der Waals surface area contributed by atoms with Crippen LogP contribution in [0.5, 0.6) is 0 Å². The van der Waals surface area contributed by atoms with E-state index in [4.69, 9.17) is 14.6 Å². The molecule has 2 fully saturated rings. The summed E-state index contributed by atoms with van der Waals surface area (Å²) in [4.78, 5) is 10.7. The first-order valence-electron chi connectivity index (χ1n) is 6.71. The lowest BCUT2D eigenvalue weighted by Crippen LogP contribution is -2.24. The molecular formula is C13H22O4. The predicted molar refractivity (Wildman–Crippen MR) is 62.9 cm³/mol. The fraction of sp³-hybridized carbons (Fsp3) is 0.923. The summed E-state index contributed by atoms with van der Waals surface area (Å²) in [5.74, 6) is -0.139. The fourth-order valence-electron chi connectivity index (χ4n) is 2.73. The number of hydrogen-bond acceptors (Lipinski definition) is 3. The van der Waals surface area contributed by atoms with Crippen LogP contribution in [0.2, 0.25) is 0 Å². The van der Waals surface area contributed by atoms with Gasteiger partial charge in [0.15, 0.2) is 6.10 Å². The minimum Gasteiger partial charge on any atom is -0.479 e. The zero-order valence-electron chi connectivity index (χ0n) is 10.3. The molecule has 4 nitrogen and oxygen atoms in total. The van der Waals surface area contributed by atoms with Crippen molar-refractivity contribution in [1.29, 1.82) is 0 Å². The van der Waals surface area contributed by atoms with E-state index in [1.54, 1.807) is 0 Å². The van der Waals surface area contributed by atoms with E-state index in [0.29, 0.717) is 18.9 Å². The van der Waals surface area contributed by atoms with Crippen molar-refractivity contribution >= 4 is 5.97 Å². The SMILES string of the molecule is O=C(O)C1CCC(COCC2CCCCC2)O1. The van der Waals surface area contributed by atoms with Crippen LogP contribution in [0.1, 0.15) is 44.9 Å². The number of carbonyl (C=O) groups is 1. The van der Waals surface area contributed by atoms with Gasteiger partial charge in [-0.25, -0.2) is 4.79 Å². The van der Waals surface area contributed by atoms with Crippen LogP contribution in [0.15, 0.2) is 0 Å². The normalized spacial score (nSPS) is 30.6. The largest absolute Gasteiger partial charge is 0.479 e. The molecule has 1 N–H and O–H groups in total. The van der Waals surface area contributed by atoms with Gasteiger partial charge in [-0.1, -0.05) is 19.3 Å². The summed E-state index contributed by atoms with van der Waals surface area (Å²) in [7, 11) is 0. The van der Waals surface area contributed by atoms with Gasteiger partial charge in [0.05, 0.1) is 12.7 Å². The van der Waals surface area contributed by atoms with Gasteiger partial charge in [-0.15, -0.1) is 0 Å². The number of hydrogen-bond donors (Lipinski definition) is 1. The topological polar surface area (TPSA) is 55.8 Å². The Hall–Kier alpha value is -0.610. The lowest BCUT2D eigenvalue weighted by Gasteiger charge is -2.22. The summed E-state index contributed by atoms with van der Waals surface area (Å²) < 4.78 is 11.1. The molecule has 2 aliphatic rings. The van der Waals surface area contributed by atoms with Crippen LogP contribution in [-0.4, -0.2) is 36.5 Å². The van der Waals surface area contributed by atoms with Crippen molar-refractivity contribution in [3.8, 4) is 0 Å². The predicted octanol–water partition coefficient (Wildman–Crippen LogP) is 2.22. The van der Waals surface area contributed by atoms with Gasteiger partial charge in [0.2, 0.25) is 0 Å². The first kappa shape index (κ1) is 12.8. The molecule has 98 valence electrons. The number of rotatable bonds is 5. The summed E-state index contributed by atoms with van der Waals surface area (Å²) in [5, 5.41) is 8.79. The first-order chi connectivity index (χ1) is 8.25. The molecule has 1 heterocycles. The molecule has 2 unspecified atom stereocenters. The first-order valence-corrected chi connectivity index (χ1v) is 6.71. The Balaban J connectivity index is 1.58. The van der Waals surface area contributed by atoms with Gasteiger partial charge in [0.1, 0.15) is 0 Å². The molecule has 1 aliphatic carbocycles. The van der Waals surface area contributed by atoms with Crippen molar-refractivity contribution < 1.29 is 19.4 Å². The minimum atomic E-state index is -0.847. The van der Waals surface area contributed by atoms with E-state index >= 15 is 0 Å². The van der Waals surface area contributed by atoms with Crippen LogP contribution < -0.4 is 0 Å². The highest BCUT2D eigenvalue weighted by atomic mass is 16.6. The van der Waals surface area contributed by atoms with Crippen LogP contribution in [0.25, 0.3) is 0 Å². The van der Waals surface area contributed by atoms with Gasteiger partial charge in [-0.2, -0.15) is 0 Å². The van der Waals surface area contributed by atoms with E-state index in [9.17, 15) is 4.79 Å². The third kappa shape index (κ3) is 3.96. The summed E-state index contributed by atoms with van der Waals surface area (Å²) in [6.45, 7) is 1.37. The third-order valence-electron chi connectivity index (χ3n) is 3.77. The molecule has 2 atom stereocenters. The average Bonchev–Trinajstić information content (AvgIpc) is 2.79. The van der Waals surface area contributed by atoms with E-state index in [0.717, 1.165) is 13.0 Å². The van der Waals surface area contributed by atoms with Crippen molar-refractivity contribution in [3.63, 3.8) is 0 Å². The van der Waals surface area contributed by atoms with E-state index in [2.05, 4.69) is 0 Å². The number of carboxylic acids is 1. The van der Waals surface area contributed by atoms with Crippen LogP contribution in [0.3, 0.4) is 0 Å². The van der Waals surface area contributed by atoms with Gasteiger partial charge in [0.25, 0.3) is 0 Å². The van der Waals surface area contributed by atoms with Gasteiger partial charge >= 0.3 is 5.97 Å². The van der Waals surface area contributed by atoms with E-state index in [1.807, 2.05) is 0 Å². The average molecular weight is 242 g/mol. The van der Waals surface area contributed by atoms with E-state index < -0.39 is 12.1 Å². The van der Waals surface area contributed by atoms with Crippen LogP contribution in [0, 0.1) is 5.92 Å². The summed E-state index contributed by atoms with van der Waals surface area (Å²) in [6.07, 6.45) is 7.38. The second-order valence-electron chi connectivity index (χ2n) is 5.20. The highest BCUT2D eigenvalue weighted by Crippen LogP contribution is 2.24. The summed E-state index contributed by atoms with van der Waals surface area (Å²) >= 11 is 0. The molecule has 2 rings (SSSR count). The van der Waals surface area contributed by atoms with Crippen LogP contribution in [-0.2, 0) is 14.3 Å². The van der Waals surface area contributed by atoms with Gasteiger partial charge in [0, 0.05) is 6.61 Å². The van der Waals surface area contributed by atoms with Gasteiger partial charge in [-0.3, -0.25) is 0 Å². The van der Waals surface area contributed by atoms with Crippen LogP contribution >= 0.6 is 0 Å². The molecule has 0 aromatic heterocycles. The fourth-order valence-corrected chi connectivity index (χ4v) is 2.73. The Morgan fingerprint density at radius 2 is 1.88 bits per heavy atom. The van der Waals surface area contributed by atoms with Crippen molar-refractivity contribution in [2.24, 2.45) is 5.92 Å². The standard InChI is InChI=1S/C13H22O4/c14-13(15)12-7-6-11(17-12)9-16-8-10-4-2-1-3-5-10/h10-12H,1-9H2,(H,14,15). The molecule has 0 spiro atoms. The number of carboxylic acid groups (broad SMARTS) is 1. The Labute approximate surface area is 102 Å². The zero-order valence-corrected chi connectivity index (χ0v) is 10.3. The van der Waals surface area contributed by atoms with Crippen molar-refractivity contribution in [2.45, 2.75) is 57.2 Å². The molecule has 0 bridgehead atoms. The molecule has 0 aromatic carbocycles. The molecule has 0 radical (unpaired) electrons. The van der Waals surface area contributed by atoms with Crippen molar-refractivity contribution in [2.75, 3.05) is 13.2 Å². The highest BCUT2D eigenvalue weighted by Gasteiger charge is 2.30.